The highest BCUT2D eigenvalue weighted by Gasteiger charge is 2.26. The van der Waals surface area contributed by atoms with Gasteiger partial charge in [-0.3, -0.25) is 4.79 Å². The van der Waals surface area contributed by atoms with Gasteiger partial charge in [0.25, 0.3) is 0 Å². The second-order valence-electron chi connectivity index (χ2n) is 6.40. The zero-order valence-electron chi connectivity index (χ0n) is 16.4. The number of carbonyl (C=O) groups is 3. The van der Waals surface area contributed by atoms with Gasteiger partial charge in [-0.15, -0.1) is 0 Å². The summed E-state index contributed by atoms with van der Waals surface area (Å²) in [5.41, 5.74) is 6.50. The molecule has 0 radical (unpaired) electrons. The van der Waals surface area contributed by atoms with Crippen LogP contribution in [0.5, 0.6) is 0 Å². The summed E-state index contributed by atoms with van der Waals surface area (Å²) in [7, 11) is 0. The van der Waals surface area contributed by atoms with E-state index in [-0.39, 0.29) is 12.5 Å². The summed E-state index contributed by atoms with van der Waals surface area (Å²) in [6.45, 7) is 1.24. The number of nitrogens with two attached hydrogens (primary N) is 1. The molecule has 1 fully saturated rings. The molecule has 1 aromatic carbocycles. The molecule has 3 N–H and O–H groups in total. The molecule has 1 aliphatic heterocycles. The van der Waals surface area contributed by atoms with E-state index >= 15 is 0 Å². The van der Waals surface area contributed by atoms with E-state index in [1.807, 2.05) is 36.6 Å². The standard InChI is InChI=1S/C19H27N3O6S/c1-29-12-15(20)17(23)27-13-28-18(24)16(11-14-5-3-2-4-6-14)21-19(25)22-7-9-26-10-8-22/h2-6,15-16H,7-13,20H2,1H3,(H,21,25)/t15-,16?/m0/s1. The Morgan fingerprint density at radius 2 is 1.83 bits per heavy atom. The summed E-state index contributed by atoms with van der Waals surface area (Å²) >= 11 is 1.41. The molecule has 0 bridgehead atoms. The van der Waals surface area contributed by atoms with Gasteiger partial charge in [0.2, 0.25) is 6.79 Å². The molecular weight excluding hydrogens is 398 g/mol. The van der Waals surface area contributed by atoms with Crippen LogP contribution in [0, 0.1) is 0 Å². The average Bonchev–Trinajstić information content (AvgIpc) is 2.74. The second-order valence-corrected chi connectivity index (χ2v) is 7.31. The van der Waals surface area contributed by atoms with Gasteiger partial charge in [0.1, 0.15) is 12.1 Å². The van der Waals surface area contributed by atoms with Crippen LogP contribution in [0.3, 0.4) is 0 Å². The van der Waals surface area contributed by atoms with Gasteiger partial charge in [-0.1, -0.05) is 30.3 Å². The Morgan fingerprint density at radius 1 is 1.17 bits per heavy atom. The van der Waals surface area contributed by atoms with E-state index in [0.29, 0.717) is 32.1 Å². The number of carbonyl (C=O) groups excluding carboxylic acids is 3. The van der Waals surface area contributed by atoms with Gasteiger partial charge in [-0.25, -0.2) is 9.59 Å². The molecule has 1 aromatic rings. The molecule has 0 aromatic heterocycles. The van der Waals surface area contributed by atoms with Crippen LogP contribution in [0.15, 0.2) is 30.3 Å². The van der Waals surface area contributed by atoms with E-state index in [4.69, 9.17) is 19.9 Å². The number of rotatable bonds is 9. The number of nitrogens with one attached hydrogen (secondary N) is 1. The summed E-state index contributed by atoms with van der Waals surface area (Å²) in [4.78, 5) is 38.3. The minimum Gasteiger partial charge on any atom is -0.427 e. The van der Waals surface area contributed by atoms with Crippen molar-refractivity contribution in [2.75, 3.05) is 45.1 Å². The Labute approximate surface area is 174 Å². The second kappa shape index (κ2) is 12.3. The third kappa shape index (κ3) is 7.92. The van der Waals surface area contributed by atoms with E-state index in [0.717, 1.165) is 5.56 Å². The topological polar surface area (TPSA) is 120 Å². The van der Waals surface area contributed by atoms with Crippen LogP contribution < -0.4 is 11.1 Å². The molecule has 0 spiro atoms. The van der Waals surface area contributed by atoms with Crippen LogP contribution in [0.2, 0.25) is 0 Å². The molecular formula is C19H27N3O6S. The molecule has 29 heavy (non-hydrogen) atoms. The van der Waals surface area contributed by atoms with Crippen molar-refractivity contribution in [2.24, 2.45) is 5.73 Å². The Balaban J connectivity index is 1.93. The molecule has 2 rings (SSSR count). The average molecular weight is 426 g/mol. The van der Waals surface area contributed by atoms with E-state index in [1.165, 1.54) is 11.8 Å². The molecule has 1 unspecified atom stereocenters. The lowest BCUT2D eigenvalue weighted by Crippen LogP contribution is -2.52. The third-order valence-electron chi connectivity index (χ3n) is 4.21. The van der Waals surface area contributed by atoms with Crippen molar-refractivity contribution in [3.8, 4) is 0 Å². The van der Waals surface area contributed by atoms with Gasteiger partial charge in [-0.2, -0.15) is 11.8 Å². The number of nitrogens with zero attached hydrogens (tertiary/aromatic N) is 1. The van der Waals surface area contributed by atoms with E-state index in [9.17, 15) is 14.4 Å². The fraction of sp³-hybridized carbons (Fsp3) is 0.526. The van der Waals surface area contributed by atoms with Crippen molar-refractivity contribution >= 4 is 29.7 Å². The Hall–Kier alpha value is -2.30. The van der Waals surface area contributed by atoms with Crippen LogP contribution in [0.25, 0.3) is 0 Å². The number of esters is 2. The predicted octanol–water partition coefficient (Wildman–Crippen LogP) is 0.374. The number of amides is 2. The summed E-state index contributed by atoms with van der Waals surface area (Å²) in [6.07, 6.45) is 2.06. The Morgan fingerprint density at radius 3 is 2.48 bits per heavy atom. The fourth-order valence-electron chi connectivity index (χ4n) is 2.65. The largest absolute Gasteiger partial charge is 0.427 e. The van der Waals surface area contributed by atoms with Crippen molar-refractivity contribution < 1.29 is 28.6 Å². The SMILES string of the molecule is CSC[C@H](N)C(=O)OCOC(=O)C(Cc1ccccc1)NC(=O)N1CCOCC1. The maximum absolute atomic E-state index is 12.5. The third-order valence-corrected chi connectivity index (χ3v) is 4.91. The van der Waals surface area contributed by atoms with Crippen molar-refractivity contribution in [3.63, 3.8) is 0 Å². The fourth-order valence-corrected chi connectivity index (χ4v) is 3.15. The molecule has 2 amide bonds. The Bertz CT molecular complexity index is 669. The maximum Gasteiger partial charge on any atom is 0.331 e. The van der Waals surface area contributed by atoms with E-state index in [2.05, 4.69) is 5.32 Å². The summed E-state index contributed by atoms with van der Waals surface area (Å²) < 4.78 is 15.2. The molecule has 9 nitrogen and oxygen atoms in total. The van der Waals surface area contributed by atoms with Gasteiger partial charge in [0.05, 0.1) is 13.2 Å². The van der Waals surface area contributed by atoms with Crippen LogP contribution in [0.4, 0.5) is 4.79 Å². The molecule has 0 saturated carbocycles. The number of hydrogen-bond donors (Lipinski definition) is 2. The van der Waals surface area contributed by atoms with Crippen molar-refractivity contribution in [1.82, 2.24) is 10.2 Å². The first-order valence-electron chi connectivity index (χ1n) is 9.26. The molecule has 10 heteroatoms. The van der Waals surface area contributed by atoms with Crippen LogP contribution >= 0.6 is 11.8 Å². The lowest BCUT2D eigenvalue weighted by molar-refractivity contribution is -0.169. The highest BCUT2D eigenvalue weighted by Crippen LogP contribution is 2.07. The van der Waals surface area contributed by atoms with Crippen molar-refractivity contribution in [3.05, 3.63) is 35.9 Å². The van der Waals surface area contributed by atoms with Gasteiger partial charge < -0.3 is 30.2 Å². The highest BCUT2D eigenvalue weighted by molar-refractivity contribution is 7.98. The zero-order valence-corrected chi connectivity index (χ0v) is 17.2. The highest BCUT2D eigenvalue weighted by atomic mass is 32.2. The zero-order chi connectivity index (χ0) is 21.1. The van der Waals surface area contributed by atoms with Gasteiger partial charge in [0, 0.05) is 25.3 Å². The Kier molecular flexibility index (Phi) is 9.75. The number of benzene rings is 1. The normalized spacial score (nSPS) is 15.9. The van der Waals surface area contributed by atoms with Crippen LogP contribution in [0.1, 0.15) is 5.56 Å². The smallest absolute Gasteiger partial charge is 0.331 e. The minimum atomic E-state index is -0.925. The number of ether oxygens (including phenoxy) is 3. The molecule has 160 valence electrons. The summed E-state index contributed by atoms with van der Waals surface area (Å²) in [5, 5.41) is 2.70. The number of urea groups is 1. The van der Waals surface area contributed by atoms with Crippen molar-refractivity contribution in [2.45, 2.75) is 18.5 Å². The van der Waals surface area contributed by atoms with Gasteiger partial charge in [-0.05, 0) is 11.8 Å². The van der Waals surface area contributed by atoms with Crippen molar-refractivity contribution in [1.29, 1.82) is 0 Å². The number of thioether (sulfide) groups is 1. The van der Waals surface area contributed by atoms with E-state index < -0.39 is 30.8 Å². The van der Waals surface area contributed by atoms with E-state index in [1.54, 1.807) is 4.90 Å². The van der Waals surface area contributed by atoms with Gasteiger partial charge >= 0.3 is 18.0 Å². The quantitative estimate of drug-likeness (QED) is 0.430. The molecule has 1 heterocycles. The lowest BCUT2D eigenvalue weighted by Gasteiger charge is -2.28. The number of hydrogen-bond acceptors (Lipinski definition) is 8. The lowest BCUT2D eigenvalue weighted by atomic mass is 10.1. The maximum atomic E-state index is 12.5. The summed E-state index contributed by atoms with van der Waals surface area (Å²) in [5.74, 6) is -0.940. The first-order valence-corrected chi connectivity index (χ1v) is 10.7. The number of morpholine rings is 1. The molecule has 0 aliphatic carbocycles. The molecule has 1 saturated heterocycles. The predicted molar refractivity (Wildman–Crippen MR) is 108 cm³/mol. The van der Waals surface area contributed by atoms with Crippen LogP contribution in [-0.4, -0.2) is 80.1 Å². The molecule has 2 atom stereocenters. The first-order chi connectivity index (χ1) is 14.0. The summed E-state index contributed by atoms with van der Waals surface area (Å²) in [6, 6.07) is 7.17. The van der Waals surface area contributed by atoms with Crippen LogP contribution in [-0.2, 0) is 30.2 Å². The van der Waals surface area contributed by atoms with Gasteiger partial charge in [0.15, 0.2) is 0 Å². The minimum absolute atomic E-state index is 0.246. The molecule has 1 aliphatic rings. The monoisotopic (exact) mass is 425 g/mol. The first kappa shape index (κ1) is 23.0.